The summed E-state index contributed by atoms with van der Waals surface area (Å²) in [6, 6.07) is 7.72. The van der Waals surface area contributed by atoms with Crippen molar-refractivity contribution in [3.8, 4) is 5.75 Å². The molecule has 23 heavy (non-hydrogen) atoms. The number of piperidine rings is 1. The maximum atomic E-state index is 12.6. The summed E-state index contributed by atoms with van der Waals surface area (Å²) in [5.41, 5.74) is 1.06. The Morgan fingerprint density at radius 2 is 2.04 bits per heavy atom. The van der Waals surface area contributed by atoms with Gasteiger partial charge in [-0.1, -0.05) is 26.0 Å². The summed E-state index contributed by atoms with van der Waals surface area (Å²) < 4.78 is 5.81. The molecule has 2 aliphatic rings. The molecule has 1 amide bonds. The molecule has 1 atom stereocenters. The van der Waals surface area contributed by atoms with Gasteiger partial charge in [-0.3, -0.25) is 4.79 Å². The van der Waals surface area contributed by atoms with Crippen LogP contribution in [0.4, 0.5) is 5.69 Å². The maximum Gasteiger partial charge on any atom is 0.228 e. The van der Waals surface area contributed by atoms with Crippen LogP contribution in [0, 0.1) is 17.3 Å². The predicted molar refractivity (Wildman–Crippen MR) is 95.3 cm³/mol. The predicted octanol–water partition coefficient (Wildman–Crippen LogP) is 3.47. The third kappa shape index (κ3) is 4.18. The third-order valence-corrected chi connectivity index (χ3v) is 4.82. The van der Waals surface area contributed by atoms with E-state index in [0.717, 1.165) is 43.8 Å². The van der Waals surface area contributed by atoms with Crippen LogP contribution in [0.2, 0.25) is 0 Å². The van der Waals surface area contributed by atoms with Crippen LogP contribution >= 0.6 is 12.4 Å². The first-order valence-corrected chi connectivity index (χ1v) is 8.34. The Balaban J connectivity index is 0.00000192. The number of carbonyl (C=O) groups is 1. The molecule has 1 saturated heterocycles. The van der Waals surface area contributed by atoms with Gasteiger partial charge in [0, 0.05) is 5.92 Å². The molecule has 2 fully saturated rings. The van der Waals surface area contributed by atoms with E-state index >= 15 is 0 Å². The normalized spacial score (nSPS) is 21.6. The van der Waals surface area contributed by atoms with Crippen molar-refractivity contribution in [2.24, 2.45) is 17.3 Å². The van der Waals surface area contributed by atoms with Gasteiger partial charge in [0.1, 0.15) is 5.75 Å². The molecule has 0 bridgehead atoms. The van der Waals surface area contributed by atoms with Gasteiger partial charge in [-0.15, -0.1) is 12.4 Å². The van der Waals surface area contributed by atoms with Gasteiger partial charge in [-0.2, -0.15) is 0 Å². The number of hydrogen-bond acceptors (Lipinski definition) is 3. The van der Waals surface area contributed by atoms with Crippen molar-refractivity contribution in [2.45, 2.75) is 33.1 Å². The highest BCUT2D eigenvalue weighted by atomic mass is 35.5. The zero-order chi connectivity index (χ0) is 15.6. The Bertz CT molecular complexity index is 542. The van der Waals surface area contributed by atoms with Crippen LogP contribution in [0.3, 0.4) is 0 Å². The number of para-hydroxylation sites is 2. The molecule has 128 valence electrons. The molecule has 1 saturated carbocycles. The molecule has 1 aliphatic carbocycles. The minimum atomic E-state index is 0. The van der Waals surface area contributed by atoms with Gasteiger partial charge in [0.25, 0.3) is 0 Å². The van der Waals surface area contributed by atoms with E-state index in [2.05, 4.69) is 24.5 Å². The second-order valence-corrected chi connectivity index (χ2v) is 7.06. The van der Waals surface area contributed by atoms with Crippen LogP contribution in [0.5, 0.6) is 5.75 Å². The average Bonchev–Trinajstić information content (AvgIpc) is 3.20. The fraction of sp³-hybridized carbons (Fsp3) is 0.611. The van der Waals surface area contributed by atoms with E-state index in [-0.39, 0.29) is 29.6 Å². The lowest BCUT2D eigenvalue weighted by atomic mass is 9.92. The number of nitrogens with one attached hydrogen (secondary N) is 2. The van der Waals surface area contributed by atoms with Gasteiger partial charge in [0.2, 0.25) is 5.91 Å². The standard InChI is InChI=1S/C18H26N2O2.ClH/c1-13(2)12-22-16-6-4-3-5-15(16)20-17(21)14-11-18(14)7-9-19-10-8-18;/h3-6,13-14,19H,7-12H2,1-2H3,(H,20,21);1H. The topological polar surface area (TPSA) is 50.4 Å². The van der Waals surface area contributed by atoms with E-state index in [1.54, 1.807) is 0 Å². The Morgan fingerprint density at radius 3 is 2.74 bits per heavy atom. The highest BCUT2D eigenvalue weighted by molar-refractivity contribution is 5.96. The van der Waals surface area contributed by atoms with Crippen LogP contribution < -0.4 is 15.4 Å². The zero-order valence-electron chi connectivity index (χ0n) is 13.9. The Labute approximate surface area is 144 Å². The fourth-order valence-electron chi connectivity index (χ4n) is 3.37. The van der Waals surface area contributed by atoms with Gasteiger partial charge in [0.05, 0.1) is 12.3 Å². The molecular formula is C18H27ClN2O2. The van der Waals surface area contributed by atoms with Gasteiger partial charge in [-0.05, 0) is 55.8 Å². The van der Waals surface area contributed by atoms with E-state index in [1.165, 1.54) is 0 Å². The first-order chi connectivity index (χ1) is 10.6. The van der Waals surface area contributed by atoms with Crippen LogP contribution in [-0.4, -0.2) is 25.6 Å². The van der Waals surface area contributed by atoms with Gasteiger partial charge < -0.3 is 15.4 Å². The SMILES string of the molecule is CC(C)COc1ccccc1NC(=O)C1CC12CCNCC2.Cl. The van der Waals surface area contributed by atoms with Crippen molar-refractivity contribution in [2.75, 3.05) is 25.0 Å². The molecule has 1 aromatic carbocycles. The van der Waals surface area contributed by atoms with Crippen molar-refractivity contribution >= 4 is 24.0 Å². The van der Waals surface area contributed by atoms with Crippen molar-refractivity contribution in [3.63, 3.8) is 0 Å². The summed E-state index contributed by atoms with van der Waals surface area (Å²) in [6.45, 7) is 6.97. The molecule has 0 radical (unpaired) electrons. The average molecular weight is 339 g/mol. The highest BCUT2D eigenvalue weighted by Gasteiger charge is 2.57. The van der Waals surface area contributed by atoms with E-state index < -0.39 is 0 Å². The van der Waals surface area contributed by atoms with Crippen LogP contribution in [-0.2, 0) is 4.79 Å². The lowest BCUT2D eigenvalue weighted by Gasteiger charge is -2.23. The lowest BCUT2D eigenvalue weighted by molar-refractivity contribution is -0.118. The Hall–Kier alpha value is -1.26. The number of amides is 1. The number of ether oxygens (including phenoxy) is 1. The van der Waals surface area contributed by atoms with Crippen LogP contribution in [0.15, 0.2) is 24.3 Å². The quantitative estimate of drug-likeness (QED) is 0.864. The van der Waals surface area contributed by atoms with Crippen molar-refractivity contribution in [3.05, 3.63) is 24.3 Å². The Morgan fingerprint density at radius 1 is 1.35 bits per heavy atom. The molecular weight excluding hydrogens is 312 g/mol. The lowest BCUT2D eigenvalue weighted by Crippen LogP contribution is -2.31. The first kappa shape index (κ1) is 18.1. The molecule has 3 rings (SSSR count). The van der Waals surface area contributed by atoms with Crippen LogP contribution in [0.1, 0.15) is 33.1 Å². The second kappa shape index (κ2) is 7.54. The van der Waals surface area contributed by atoms with Gasteiger partial charge >= 0.3 is 0 Å². The number of benzene rings is 1. The molecule has 2 N–H and O–H groups in total. The maximum absolute atomic E-state index is 12.6. The zero-order valence-corrected chi connectivity index (χ0v) is 14.7. The number of halogens is 1. The second-order valence-electron chi connectivity index (χ2n) is 7.06. The summed E-state index contributed by atoms with van der Waals surface area (Å²) in [7, 11) is 0. The largest absolute Gasteiger partial charge is 0.491 e. The number of carbonyl (C=O) groups excluding carboxylic acids is 1. The summed E-state index contributed by atoms with van der Waals surface area (Å²) in [5, 5.41) is 6.46. The first-order valence-electron chi connectivity index (χ1n) is 8.34. The van der Waals surface area contributed by atoms with Crippen LogP contribution in [0.25, 0.3) is 0 Å². The monoisotopic (exact) mass is 338 g/mol. The van der Waals surface area contributed by atoms with Gasteiger partial charge in [0.15, 0.2) is 0 Å². The van der Waals surface area contributed by atoms with E-state index in [4.69, 9.17) is 4.74 Å². The fourth-order valence-corrected chi connectivity index (χ4v) is 3.37. The summed E-state index contributed by atoms with van der Waals surface area (Å²) in [5.74, 6) is 1.56. The highest BCUT2D eigenvalue weighted by Crippen LogP contribution is 2.58. The molecule has 4 nitrogen and oxygen atoms in total. The third-order valence-electron chi connectivity index (χ3n) is 4.82. The minimum Gasteiger partial charge on any atom is -0.491 e. The molecule has 0 aromatic heterocycles. The number of hydrogen-bond donors (Lipinski definition) is 2. The van der Waals surface area contributed by atoms with Crippen molar-refractivity contribution < 1.29 is 9.53 Å². The minimum absolute atomic E-state index is 0. The van der Waals surface area contributed by atoms with Gasteiger partial charge in [-0.25, -0.2) is 0 Å². The van der Waals surface area contributed by atoms with E-state index in [0.29, 0.717) is 12.5 Å². The summed E-state index contributed by atoms with van der Waals surface area (Å²) in [4.78, 5) is 12.6. The molecule has 1 spiro atoms. The Kier molecular flexibility index (Phi) is 5.93. The van der Waals surface area contributed by atoms with Crippen molar-refractivity contribution in [1.29, 1.82) is 0 Å². The molecule has 5 heteroatoms. The molecule has 1 heterocycles. The molecule has 1 aliphatic heterocycles. The number of anilines is 1. The molecule has 1 aromatic rings. The van der Waals surface area contributed by atoms with Crippen molar-refractivity contribution in [1.82, 2.24) is 5.32 Å². The molecule has 1 unspecified atom stereocenters. The van der Waals surface area contributed by atoms with E-state index in [9.17, 15) is 4.79 Å². The number of rotatable bonds is 5. The summed E-state index contributed by atoms with van der Waals surface area (Å²) in [6.07, 6.45) is 3.28. The smallest absolute Gasteiger partial charge is 0.228 e. The van der Waals surface area contributed by atoms with E-state index in [1.807, 2.05) is 24.3 Å². The summed E-state index contributed by atoms with van der Waals surface area (Å²) >= 11 is 0.